The maximum absolute atomic E-state index is 13.2. The number of guanidine groups is 1. The second-order valence-electron chi connectivity index (χ2n) is 7.50. The third-order valence-electron chi connectivity index (χ3n) is 4.96. The Morgan fingerprint density at radius 1 is 0.972 bits per heavy atom. The van der Waals surface area contributed by atoms with Gasteiger partial charge in [-0.3, -0.25) is 10.1 Å². The third-order valence-corrected chi connectivity index (χ3v) is 6.74. The average Bonchev–Trinajstić information content (AvgIpc) is 2.83. The van der Waals surface area contributed by atoms with Crippen molar-refractivity contribution in [3.63, 3.8) is 0 Å². The first-order valence-corrected chi connectivity index (χ1v) is 12.6. The van der Waals surface area contributed by atoms with Crippen molar-refractivity contribution in [2.75, 3.05) is 5.32 Å². The van der Waals surface area contributed by atoms with Gasteiger partial charge >= 0.3 is 0 Å². The molecule has 0 aliphatic heterocycles. The molecule has 4 rings (SSSR count). The van der Waals surface area contributed by atoms with E-state index in [4.69, 9.17) is 35.3 Å². The fourth-order valence-electron chi connectivity index (χ4n) is 3.37. The number of anilines is 1. The zero-order chi connectivity index (χ0) is 25.9. The summed E-state index contributed by atoms with van der Waals surface area (Å²) in [6.45, 7) is 0. The highest BCUT2D eigenvalue weighted by Gasteiger charge is 2.16. The molecule has 1 heterocycles. The average molecular weight is 539 g/mol. The Labute approximate surface area is 217 Å². The van der Waals surface area contributed by atoms with Crippen molar-refractivity contribution < 1.29 is 13.2 Å². The summed E-state index contributed by atoms with van der Waals surface area (Å²) in [5.74, 6) is -1.00. The number of carbonyl (C=O) groups excluding carboxylic acids is 1. The molecular formula is C24H19ClN6O3S2. The van der Waals surface area contributed by atoms with Gasteiger partial charge < -0.3 is 16.8 Å². The van der Waals surface area contributed by atoms with Crippen LogP contribution >= 0.6 is 23.8 Å². The molecule has 0 spiro atoms. The molecule has 0 bridgehead atoms. The van der Waals surface area contributed by atoms with Crippen molar-refractivity contribution in [3.05, 3.63) is 89.4 Å². The van der Waals surface area contributed by atoms with Crippen molar-refractivity contribution in [2.24, 2.45) is 15.9 Å². The van der Waals surface area contributed by atoms with Crippen LogP contribution in [0, 0.1) is 0 Å². The number of nitrogens with zero attached hydrogens (tertiary/aromatic N) is 2. The van der Waals surface area contributed by atoms with E-state index in [1.807, 2.05) is 30.3 Å². The molecule has 182 valence electrons. The van der Waals surface area contributed by atoms with Crippen molar-refractivity contribution in [2.45, 2.75) is 4.90 Å². The van der Waals surface area contributed by atoms with Crippen molar-refractivity contribution in [1.82, 2.24) is 10.3 Å². The van der Waals surface area contributed by atoms with E-state index in [1.54, 1.807) is 24.3 Å². The summed E-state index contributed by atoms with van der Waals surface area (Å²) in [6, 6.07) is 21.7. The number of hydrogen-bond acceptors (Lipinski definition) is 5. The maximum Gasteiger partial charge on any atom is 0.285 e. The quantitative estimate of drug-likeness (QED) is 0.171. The molecule has 0 saturated carbocycles. The number of pyridine rings is 1. The lowest BCUT2D eigenvalue weighted by Crippen LogP contribution is -2.34. The molecule has 0 fully saturated rings. The van der Waals surface area contributed by atoms with Crippen LogP contribution in [-0.4, -0.2) is 30.4 Å². The van der Waals surface area contributed by atoms with Crippen LogP contribution in [0.2, 0.25) is 5.02 Å². The van der Waals surface area contributed by atoms with Gasteiger partial charge in [0.2, 0.25) is 5.96 Å². The number of aromatic nitrogens is 1. The number of sulfonamides is 1. The normalized spacial score (nSPS) is 11.0. The third kappa shape index (κ3) is 5.77. The maximum atomic E-state index is 13.2. The SMILES string of the molecule is NC(N)=NS(=O)(=O)c1ccc(NC(=S)NC(=O)c2cc(-c3ccc(Cl)cc3)nc3ccccc23)cc1. The van der Waals surface area contributed by atoms with Gasteiger partial charge in [0.05, 0.1) is 21.7 Å². The van der Waals surface area contributed by atoms with Gasteiger partial charge in [0.15, 0.2) is 5.11 Å². The van der Waals surface area contributed by atoms with E-state index in [9.17, 15) is 13.2 Å². The molecular weight excluding hydrogens is 520 g/mol. The minimum absolute atomic E-state index is 0.0220. The summed E-state index contributed by atoms with van der Waals surface area (Å²) >= 11 is 11.3. The summed E-state index contributed by atoms with van der Waals surface area (Å²) in [6.07, 6.45) is 0. The van der Waals surface area contributed by atoms with E-state index in [0.717, 1.165) is 5.56 Å². The molecule has 36 heavy (non-hydrogen) atoms. The molecule has 6 N–H and O–H groups in total. The summed E-state index contributed by atoms with van der Waals surface area (Å²) < 4.78 is 27.4. The summed E-state index contributed by atoms with van der Waals surface area (Å²) in [5, 5.41) is 6.78. The van der Waals surface area contributed by atoms with Crippen LogP contribution in [0.4, 0.5) is 5.69 Å². The van der Waals surface area contributed by atoms with Crippen LogP contribution in [0.1, 0.15) is 10.4 Å². The zero-order valence-corrected chi connectivity index (χ0v) is 20.9. The number of para-hydroxylation sites is 1. The predicted octanol–water partition coefficient (Wildman–Crippen LogP) is 3.64. The van der Waals surface area contributed by atoms with Gasteiger partial charge in [-0.2, -0.15) is 8.42 Å². The Bertz CT molecular complexity index is 1600. The van der Waals surface area contributed by atoms with Gasteiger partial charge in [-0.05, 0) is 60.7 Å². The topological polar surface area (TPSA) is 153 Å². The number of fused-ring (bicyclic) bond motifs is 1. The lowest BCUT2D eigenvalue weighted by molar-refractivity contribution is 0.0979. The Morgan fingerprint density at radius 3 is 2.31 bits per heavy atom. The molecule has 0 radical (unpaired) electrons. The Hall–Kier alpha value is -4.06. The fourth-order valence-corrected chi connectivity index (χ4v) is 4.57. The highest BCUT2D eigenvalue weighted by Crippen LogP contribution is 2.26. The van der Waals surface area contributed by atoms with E-state index in [2.05, 4.69) is 20.0 Å². The number of nitrogens with one attached hydrogen (secondary N) is 2. The second kappa shape index (κ2) is 10.3. The standard InChI is InChI=1S/C24H19ClN6O3S2/c25-15-7-5-14(6-8-15)21-13-19(18-3-1-2-4-20(18)29-21)22(32)30-24(35)28-16-9-11-17(12-10-16)36(33,34)31-23(26)27/h1-13H,(H4,26,27,31)(H2,28,30,32,35). The molecule has 1 aromatic heterocycles. The monoisotopic (exact) mass is 538 g/mol. The van der Waals surface area contributed by atoms with Gasteiger partial charge in [-0.25, -0.2) is 4.98 Å². The first kappa shape index (κ1) is 25.0. The highest BCUT2D eigenvalue weighted by atomic mass is 35.5. The van der Waals surface area contributed by atoms with Crippen LogP contribution in [0.25, 0.3) is 22.2 Å². The summed E-state index contributed by atoms with van der Waals surface area (Å²) in [5.41, 5.74) is 13.2. The fraction of sp³-hybridized carbons (Fsp3) is 0. The van der Waals surface area contributed by atoms with Gasteiger partial charge in [0, 0.05) is 21.7 Å². The van der Waals surface area contributed by atoms with E-state index < -0.39 is 21.9 Å². The molecule has 0 atom stereocenters. The number of nitrogens with two attached hydrogens (primary N) is 2. The van der Waals surface area contributed by atoms with Gasteiger partial charge in [-0.1, -0.05) is 41.9 Å². The van der Waals surface area contributed by atoms with Crippen LogP contribution in [0.15, 0.2) is 88.2 Å². The zero-order valence-electron chi connectivity index (χ0n) is 18.5. The van der Waals surface area contributed by atoms with Crippen molar-refractivity contribution >= 4 is 67.4 Å². The minimum Gasteiger partial charge on any atom is -0.369 e. The number of carbonyl (C=O) groups is 1. The molecule has 9 nitrogen and oxygen atoms in total. The van der Waals surface area contributed by atoms with Crippen LogP contribution in [0.3, 0.4) is 0 Å². The predicted molar refractivity (Wildman–Crippen MR) is 145 cm³/mol. The lowest BCUT2D eigenvalue weighted by atomic mass is 10.0. The minimum atomic E-state index is -4.02. The van der Waals surface area contributed by atoms with Crippen LogP contribution in [0.5, 0.6) is 0 Å². The molecule has 3 aromatic carbocycles. The molecule has 1 amide bonds. The summed E-state index contributed by atoms with van der Waals surface area (Å²) in [7, 11) is -4.02. The number of thiocarbonyl (C=S) groups is 1. The number of halogens is 1. The van der Waals surface area contributed by atoms with E-state index >= 15 is 0 Å². The number of benzene rings is 3. The number of amides is 1. The van der Waals surface area contributed by atoms with E-state index in [-0.39, 0.29) is 10.0 Å². The Morgan fingerprint density at radius 2 is 1.64 bits per heavy atom. The molecule has 12 heteroatoms. The second-order valence-corrected chi connectivity index (χ2v) is 9.95. The molecule has 0 aliphatic rings. The van der Waals surface area contributed by atoms with Crippen LogP contribution in [-0.2, 0) is 10.0 Å². The number of rotatable bonds is 5. The molecule has 0 unspecified atom stereocenters. The smallest absolute Gasteiger partial charge is 0.285 e. The van der Waals surface area contributed by atoms with Crippen molar-refractivity contribution in [1.29, 1.82) is 0 Å². The largest absolute Gasteiger partial charge is 0.369 e. The first-order chi connectivity index (χ1) is 17.1. The van der Waals surface area contributed by atoms with Gasteiger partial charge in [0.25, 0.3) is 15.9 Å². The van der Waals surface area contributed by atoms with E-state index in [0.29, 0.717) is 32.9 Å². The van der Waals surface area contributed by atoms with Gasteiger partial charge in [0.1, 0.15) is 0 Å². The van der Waals surface area contributed by atoms with E-state index in [1.165, 1.54) is 24.3 Å². The van der Waals surface area contributed by atoms with Crippen LogP contribution < -0.4 is 22.1 Å². The van der Waals surface area contributed by atoms with Crippen molar-refractivity contribution in [3.8, 4) is 11.3 Å². The Kier molecular flexibility index (Phi) is 7.15. The number of hydrogen-bond donors (Lipinski definition) is 4. The Balaban J connectivity index is 1.55. The summed E-state index contributed by atoms with van der Waals surface area (Å²) in [4.78, 5) is 17.7. The first-order valence-electron chi connectivity index (χ1n) is 10.4. The molecule has 0 aliphatic carbocycles. The van der Waals surface area contributed by atoms with Gasteiger partial charge in [-0.15, -0.1) is 4.40 Å². The highest BCUT2D eigenvalue weighted by molar-refractivity contribution is 7.90. The lowest BCUT2D eigenvalue weighted by Gasteiger charge is -2.13. The molecule has 0 saturated heterocycles. The molecule has 4 aromatic rings.